The predicted molar refractivity (Wildman–Crippen MR) is 128 cm³/mol. The summed E-state index contributed by atoms with van der Waals surface area (Å²) in [4.78, 5) is 8.61. The van der Waals surface area contributed by atoms with Gasteiger partial charge >= 0.3 is 0 Å². The Labute approximate surface area is 190 Å². The highest BCUT2D eigenvalue weighted by molar-refractivity contribution is 14.0. The summed E-state index contributed by atoms with van der Waals surface area (Å²) in [6.07, 6.45) is 3.83. The SMILES string of the molecule is CCCCOc1ncccc1CNC(=NC)Nc1ccc(OCC)c(OC)c1.I. The molecule has 2 N–H and O–H groups in total. The Kier molecular flexibility index (Phi) is 11.9. The number of hydrogen-bond donors (Lipinski definition) is 2. The second-order valence-corrected chi connectivity index (χ2v) is 6.02. The number of ether oxygens (including phenoxy) is 3. The fraction of sp³-hybridized carbons (Fsp3) is 0.429. The maximum Gasteiger partial charge on any atom is 0.218 e. The molecule has 0 radical (unpaired) electrons. The molecule has 2 aromatic rings. The molecule has 0 saturated heterocycles. The third kappa shape index (κ3) is 7.96. The number of nitrogens with zero attached hydrogens (tertiary/aromatic N) is 2. The van der Waals surface area contributed by atoms with E-state index in [-0.39, 0.29) is 24.0 Å². The van der Waals surface area contributed by atoms with Gasteiger partial charge in [0.05, 0.1) is 20.3 Å². The quantitative estimate of drug-likeness (QED) is 0.211. The smallest absolute Gasteiger partial charge is 0.218 e. The van der Waals surface area contributed by atoms with Crippen LogP contribution in [0.15, 0.2) is 41.5 Å². The van der Waals surface area contributed by atoms with E-state index in [4.69, 9.17) is 14.2 Å². The van der Waals surface area contributed by atoms with Crippen molar-refractivity contribution in [1.29, 1.82) is 0 Å². The number of anilines is 1. The van der Waals surface area contributed by atoms with Crippen molar-refractivity contribution in [2.45, 2.75) is 33.2 Å². The molecular weight excluding hydrogens is 483 g/mol. The van der Waals surface area contributed by atoms with Crippen LogP contribution in [0, 0.1) is 0 Å². The van der Waals surface area contributed by atoms with E-state index in [0.717, 1.165) is 24.1 Å². The topological polar surface area (TPSA) is 77.0 Å². The van der Waals surface area contributed by atoms with E-state index in [0.29, 0.717) is 43.1 Å². The van der Waals surface area contributed by atoms with Gasteiger partial charge in [0.2, 0.25) is 5.88 Å². The van der Waals surface area contributed by atoms with Crippen molar-refractivity contribution in [3.05, 3.63) is 42.1 Å². The lowest BCUT2D eigenvalue weighted by atomic mass is 10.2. The Morgan fingerprint density at radius 1 is 1.14 bits per heavy atom. The first kappa shape index (κ1) is 24.8. The van der Waals surface area contributed by atoms with Gasteiger partial charge < -0.3 is 24.8 Å². The standard InChI is InChI=1S/C21H30N4O3.HI/c1-5-7-13-28-20-16(9-8-12-23-20)15-24-21(22-3)25-17-10-11-18(27-6-2)19(14-17)26-4;/h8-12,14H,5-7,13,15H2,1-4H3,(H2,22,24,25);1H. The van der Waals surface area contributed by atoms with Crippen LogP contribution in [0.2, 0.25) is 0 Å². The zero-order valence-corrected chi connectivity index (χ0v) is 19.9. The van der Waals surface area contributed by atoms with Crippen LogP contribution >= 0.6 is 24.0 Å². The maximum atomic E-state index is 5.79. The van der Waals surface area contributed by atoms with Crippen LogP contribution in [0.3, 0.4) is 0 Å². The highest BCUT2D eigenvalue weighted by Crippen LogP contribution is 2.30. The van der Waals surface area contributed by atoms with Crippen LogP contribution in [0.4, 0.5) is 5.69 Å². The van der Waals surface area contributed by atoms with Crippen molar-refractivity contribution in [3.8, 4) is 17.4 Å². The van der Waals surface area contributed by atoms with E-state index in [1.165, 1.54) is 0 Å². The molecule has 2 rings (SSSR count). The number of halogens is 1. The lowest BCUT2D eigenvalue weighted by molar-refractivity contribution is 0.294. The molecule has 0 aliphatic heterocycles. The molecule has 1 aromatic heterocycles. The fourth-order valence-corrected chi connectivity index (χ4v) is 2.52. The van der Waals surface area contributed by atoms with Gasteiger partial charge in [0.25, 0.3) is 0 Å². The molecule has 8 heteroatoms. The highest BCUT2D eigenvalue weighted by atomic mass is 127. The second kappa shape index (κ2) is 13.9. The number of rotatable bonds is 10. The molecule has 29 heavy (non-hydrogen) atoms. The number of nitrogens with one attached hydrogen (secondary N) is 2. The minimum absolute atomic E-state index is 0. The molecule has 0 bridgehead atoms. The van der Waals surface area contributed by atoms with E-state index >= 15 is 0 Å². The number of unbranched alkanes of at least 4 members (excludes halogenated alkanes) is 1. The van der Waals surface area contributed by atoms with Gasteiger partial charge in [0.1, 0.15) is 0 Å². The number of pyridine rings is 1. The molecule has 0 spiro atoms. The van der Waals surface area contributed by atoms with Gasteiger partial charge in [-0.25, -0.2) is 4.98 Å². The van der Waals surface area contributed by atoms with E-state index < -0.39 is 0 Å². The van der Waals surface area contributed by atoms with Crippen LogP contribution in [-0.2, 0) is 6.54 Å². The number of hydrogen-bond acceptors (Lipinski definition) is 5. The van der Waals surface area contributed by atoms with E-state index in [9.17, 15) is 0 Å². The summed E-state index contributed by atoms with van der Waals surface area (Å²) in [5.74, 6) is 2.67. The lowest BCUT2D eigenvalue weighted by Crippen LogP contribution is -2.30. The average molecular weight is 514 g/mol. The third-order valence-corrected chi connectivity index (χ3v) is 3.98. The van der Waals surface area contributed by atoms with Gasteiger partial charge in [0.15, 0.2) is 17.5 Å². The van der Waals surface area contributed by atoms with Crippen LogP contribution in [0.5, 0.6) is 17.4 Å². The molecule has 0 fully saturated rings. The van der Waals surface area contributed by atoms with Gasteiger partial charge in [-0.1, -0.05) is 19.4 Å². The number of guanidine groups is 1. The number of aromatic nitrogens is 1. The summed E-state index contributed by atoms with van der Waals surface area (Å²) in [5, 5.41) is 6.55. The summed E-state index contributed by atoms with van der Waals surface area (Å²) in [7, 11) is 3.35. The predicted octanol–water partition coefficient (Wildman–Crippen LogP) is 4.47. The Balaban J connectivity index is 0.00000420. The van der Waals surface area contributed by atoms with Gasteiger partial charge in [0, 0.05) is 37.1 Å². The summed E-state index contributed by atoms with van der Waals surface area (Å²) in [5.41, 5.74) is 1.82. The normalized spacial score (nSPS) is 10.7. The van der Waals surface area contributed by atoms with E-state index in [1.54, 1.807) is 20.4 Å². The molecule has 7 nitrogen and oxygen atoms in total. The summed E-state index contributed by atoms with van der Waals surface area (Å²) in [6, 6.07) is 9.56. The Morgan fingerprint density at radius 3 is 2.66 bits per heavy atom. The van der Waals surface area contributed by atoms with E-state index in [2.05, 4.69) is 27.5 Å². The monoisotopic (exact) mass is 514 g/mol. The zero-order valence-electron chi connectivity index (χ0n) is 17.5. The van der Waals surface area contributed by atoms with Crippen molar-refractivity contribution < 1.29 is 14.2 Å². The van der Waals surface area contributed by atoms with Crippen molar-refractivity contribution in [1.82, 2.24) is 10.3 Å². The van der Waals surface area contributed by atoms with Gasteiger partial charge in [-0.2, -0.15) is 0 Å². The zero-order chi connectivity index (χ0) is 20.2. The first-order chi connectivity index (χ1) is 13.7. The number of benzene rings is 1. The van der Waals surface area contributed by atoms with Crippen LogP contribution in [0.1, 0.15) is 32.3 Å². The molecule has 1 aromatic carbocycles. The first-order valence-corrected chi connectivity index (χ1v) is 9.57. The van der Waals surface area contributed by atoms with Crippen molar-refractivity contribution in [2.75, 3.05) is 32.7 Å². The Bertz CT molecular complexity index is 771. The minimum Gasteiger partial charge on any atom is -0.493 e. The fourth-order valence-electron chi connectivity index (χ4n) is 2.52. The molecular formula is C21H31IN4O3. The van der Waals surface area contributed by atoms with Crippen molar-refractivity contribution in [3.63, 3.8) is 0 Å². The van der Waals surface area contributed by atoms with Crippen molar-refractivity contribution in [2.24, 2.45) is 4.99 Å². The van der Waals surface area contributed by atoms with Crippen molar-refractivity contribution >= 4 is 35.6 Å². The molecule has 0 amide bonds. The van der Waals surface area contributed by atoms with E-state index in [1.807, 2.05) is 37.3 Å². The Morgan fingerprint density at radius 2 is 1.97 bits per heavy atom. The third-order valence-electron chi connectivity index (χ3n) is 3.98. The first-order valence-electron chi connectivity index (χ1n) is 9.57. The molecule has 0 atom stereocenters. The van der Waals surface area contributed by atoms with Gasteiger partial charge in [-0.3, -0.25) is 4.99 Å². The molecule has 160 valence electrons. The van der Waals surface area contributed by atoms with Crippen LogP contribution in [-0.4, -0.2) is 38.3 Å². The molecule has 0 aliphatic carbocycles. The minimum atomic E-state index is 0. The summed E-state index contributed by atoms with van der Waals surface area (Å²) in [6.45, 7) is 5.87. The molecule has 0 aliphatic rings. The van der Waals surface area contributed by atoms with Crippen LogP contribution < -0.4 is 24.8 Å². The molecule has 1 heterocycles. The second-order valence-electron chi connectivity index (χ2n) is 6.02. The van der Waals surface area contributed by atoms with Crippen LogP contribution in [0.25, 0.3) is 0 Å². The number of aliphatic imine (C=N–C) groups is 1. The lowest BCUT2D eigenvalue weighted by Gasteiger charge is -2.15. The maximum absolute atomic E-state index is 5.79. The average Bonchev–Trinajstić information content (AvgIpc) is 2.73. The summed E-state index contributed by atoms with van der Waals surface area (Å²) >= 11 is 0. The largest absolute Gasteiger partial charge is 0.493 e. The van der Waals surface area contributed by atoms with Gasteiger partial charge in [-0.15, -0.1) is 24.0 Å². The van der Waals surface area contributed by atoms with Gasteiger partial charge in [-0.05, 0) is 31.5 Å². The summed E-state index contributed by atoms with van der Waals surface area (Å²) < 4.78 is 16.7. The Hall–Kier alpha value is -2.23. The molecule has 0 saturated carbocycles. The number of methoxy groups -OCH3 is 1. The highest BCUT2D eigenvalue weighted by Gasteiger charge is 2.09. The molecule has 0 unspecified atom stereocenters.